The van der Waals surface area contributed by atoms with Crippen molar-refractivity contribution in [2.24, 2.45) is 5.92 Å². The molecule has 1 fully saturated rings. The summed E-state index contributed by atoms with van der Waals surface area (Å²) in [5.74, 6) is 0.457. The average molecular weight is 363 g/mol. The van der Waals surface area contributed by atoms with Gasteiger partial charge in [0.15, 0.2) is 5.11 Å². The molecule has 1 aromatic carbocycles. The van der Waals surface area contributed by atoms with Gasteiger partial charge in [-0.15, -0.1) is 0 Å². The van der Waals surface area contributed by atoms with Gasteiger partial charge < -0.3 is 10.6 Å². The number of carbonyl (C=O) groups excluding carboxylic acids is 1. The van der Waals surface area contributed by atoms with Crippen LogP contribution in [0.4, 0.5) is 5.69 Å². The van der Waals surface area contributed by atoms with Gasteiger partial charge in [0.05, 0.1) is 6.54 Å². The van der Waals surface area contributed by atoms with Gasteiger partial charge in [-0.05, 0) is 62.9 Å². The van der Waals surface area contributed by atoms with Crippen molar-refractivity contribution < 1.29 is 4.79 Å². The number of benzene rings is 1. The fraction of sp³-hybridized carbons (Fsp3) is 0.579. The van der Waals surface area contributed by atoms with Crippen LogP contribution in [0.5, 0.6) is 0 Å². The van der Waals surface area contributed by atoms with Crippen molar-refractivity contribution in [3.63, 3.8) is 0 Å². The minimum atomic E-state index is -0.153. The van der Waals surface area contributed by atoms with Crippen LogP contribution in [0.15, 0.2) is 12.1 Å². The van der Waals surface area contributed by atoms with Gasteiger partial charge in [0.1, 0.15) is 0 Å². The van der Waals surface area contributed by atoms with Gasteiger partial charge in [0.25, 0.3) is 5.91 Å². The molecule has 1 aliphatic carbocycles. The number of carbonyl (C=O) groups is 1. The molecule has 0 spiro atoms. The largest absolute Gasteiger partial charge is 0.376 e. The number of anilines is 1. The number of amides is 1. The van der Waals surface area contributed by atoms with Crippen molar-refractivity contribution in [2.75, 3.05) is 11.9 Å². The highest BCUT2D eigenvalue weighted by Crippen LogP contribution is 2.23. The number of thiocarbonyl (C=S) groups is 1. The van der Waals surface area contributed by atoms with Crippen LogP contribution in [0.25, 0.3) is 0 Å². The van der Waals surface area contributed by atoms with E-state index < -0.39 is 0 Å². The van der Waals surface area contributed by atoms with Gasteiger partial charge in [0, 0.05) is 11.7 Å². The van der Waals surface area contributed by atoms with Crippen molar-refractivity contribution in [1.82, 2.24) is 16.2 Å². The summed E-state index contributed by atoms with van der Waals surface area (Å²) in [6.07, 6.45) is 4.88. The second-order valence-electron chi connectivity index (χ2n) is 7.14. The zero-order valence-electron chi connectivity index (χ0n) is 15.7. The maximum atomic E-state index is 12.0. The summed E-state index contributed by atoms with van der Waals surface area (Å²) in [4.78, 5) is 12.0. The van der Waals surface area contributed by atoms with Crippen molar-refractivity contribution >= 4 is 28.9 Å². The molecule has 1 aromatic rings. The van der Waals surface area contributed by atoms with Crippen LogP contribution < -0.4 is 21.5 Å². The lowest BCUT2D eigenvalue weighted by Gasteiger charge is -2.30. The number of nitrogens with one attached hydrogen (secondary N) is 4. The predicted octanol–water partition coefficient (Wildman–Crippen LogP) is 3.10. The molecule has 0 radical (unpaired) electrons. The van der Waals surface area contributed by atoms with E-state index in [1.165, 1.54) is 24.8 Å². The number of hydrogen-bond donors (Lipinski definition) is 4. The van der Waals surface area contributed by atoms with E-state index in [2.05, 4.69) is 47.5 Å². The fourth-order valence-corrected chi connectivity index (χ4v) is 3.74. The van der Waals surface area contributed by atoms with Gasteiger partial charge in [-0.25, -0.2) is 0 Å². The molecule has 0 aliphatic heterocycles. The molecular formula is C19H30N4OS. The molecule has 5 nitrogen and oxygen atoms in total. The van der Waals surface area contributed by atoms with Crippen LogP contribution in [0.3, 0.4) is 0 Å². The van der Waals surface area contributed by atoms with Crippen LogP contribution in [-0.2, 0) is 4.79 Å². The van der Waals surface area contributed by atoms with E-state index in [-0.39, 0.29) is 12.5 Å². The topological polar surface area (TPSA) is 65.2 Å². The zero-order chi connectivity index (χ0) is 18.4. The molecule has 2 atom stereocenters. The molecule has 2 rings (SSSR count). The van der Waals surface area contributed by atoms with Gasteiger partial charge in [-0.3, -0.25) is 15.6 Å². The third-order valence-corrected chi connectivity index (χ3v) is 5.07. The summed E-state index contributed by atoms with van der Waals surface area (Å²) in [5, 5.41) is 6.99. The van der Waals surface area contributed by atoms with E-state index in [0.29, 0.717) is 17.1 Å². The van der Waals surface area contributed by atoms with Crippen molar-refractivity contribution in [1.29, 1.82) is 0 Å². The number of hydrazine groups is 1. The Labute approximate surface area is 156 Å². The third kappa shape index (κ3) is 5.88. The molecule has 1 amide bonds. The van der Waals surface area contributed by atoms with E-state index in [9.17, 15) is 4.79 Å². The van der Waals surface area contributed by atoms with E-state index in [1.54, 1.807) is 0 Å². The quantitative estimate of drug-likeness (QED) is 0.490. The summed E-state index contributed by atoms with van der Waals surface area (Å²) >= 11 is 5.28. The Morgan fingerprint density at radius 3 is 2.40 bits per heavy atom. The summed E-state index contributed by atoms with van der Waals surface area (Å²) in [5.41, 5.74) is 9.97. The van der Waals surface area contributed by atoms with E-state index in [1.807, 2.05) is 13.8 Å². The van der Waals surface area contributed by atoms with E-state index in [4.69, 9.17) is 12.2 Å². The van der Waals surface area contributed by atoms with E-state index in [0.717, 1.165) is 23.2 Å². The van der Waals surface area contributed by atoms with Gasteiger partial charge in [-0.2, -0.15) is 0 Å². The van der Waals surface area contributed by atoms with Crippen molar-refractivity contribution in [2.45, 2.75) is 59.4 Å². The molecule has 25 heavy (non-hydrogen) atoms. The Bertz CT molecular complexity index is 609. The highest BCUT2D eigenvalue weighted by Gasteiger charge is 2.21. The Morgan fingerprint density at radius 2 is 1.76 bits per heavy atom. The molecule has 6 heteroatoms. The highest BCUT2D eigenvalue weighted by atomic mass is 32.1. The first kappa shape index (κ1) is 19.5. The van der Waals surface area contributed by atoms with Crippen LogP contribution >= 0.6 is 12.2 Å². The summed E-state index contributed by atoms with van der Waals surface area (Å²) < 4.78 is 0. The molecule has 138 valence electrons. The highest BCUT2D eigenvalue weighted by molar-refractivity contribution is 7.80. The molecule has 4 N–H and O–H groups in total. The maximum absolute atomic E-state index is 12.0. The SMILES string of the molecule is Cc1cc(C)c(NCC(=O)NNC(=S)N[C@H]2CCCC[C@H]2C)c(C)c1. The van der Waals surface area contributed by atoms with Gasteiger partial charge in [0.2, 0.25) is 0 Å². The smallest absolute Gasteiger partial charge is 0.257 e. The first-order valence-corrected chi connectivity index (χ1v) is 9.44. The Balaban J connectivity index is 1.74. The third-order valence-electron chi connectivity index (χ3n) is 4.85. The molecule has 0 unspecified atom stereocenters. The van der Waals surface area contributed by atoms with Gasteiger partial charge in [-0.1, -0.05) is 37.5 Å². The average Bonchev–Trinajstić information content (AvgIpc) is 2.54. The minimum Gasteiger partial charge on any atom is -0.376 e. The van der Waals surface area contributed by atoms with Crippen LogP contribution in [0, 0.1) is 26.7 Å². The number of rotatable bonds is 4. The van der Waals surface area contributed by atoms with Gasteiger partial charge >= 0.3 is 0 Å². The summed E-state index contributed by atoms with van der Waals surface area (Å²) in [7, 11) is 0. The second kappa shape index (κ2) is 9.04. The molecule has 0 saturated heterocycles. The number of aryl methyl sites for hydroxylation is 3. The Morgan fingerprint density at radius 1 is 1.12 bits per heavy atom. The van der Waals surface area contributed by atoms with Crippen LogP contribution in [-0.4, -0.2) is 23.6 Å². The molecular weight excluding hydrogens is 332 g/mol. The lowest BCUT2D eigenvalue weighted by Crippen LogP contribution is -2.52. The first-order valence-electron chi connectivity index (χ1n) is 9.04. The standard InChI is InChI=1S/C19H30N4OS/c1-12-9-14(3)18(15(4)10-12)20-11-17(24)22-23-19(25)21-16-8-6-5-7-13(16)2/h9-10,13,16,20H,5-8,11H2,1-4H3,(H,22,24)(H2,21,23,25)/t13-,16+/m1/s1. The fourth-order valence-electron chi connectivity index (χ4n) is 3.53. The van der Waals surface area contributed by atoms with Crippen molar-refractivity contribution in [3.05, 3.63) is 28.8 Å². The first-order chi connectivity index (χ1) is 11.9. The molecule has 1 saturated carbocycles. The van der Waals surface area contributed by atoms with Crippen molar-refractivity contribution in [3.8, 4) is 0 Å². The normalized spacial score (nSPS) is 19.8. The lowest BCUT2D eigenvalue weighted by molar-refractivity contribution is -0.119. The molecule has 0 heterocycles. The van der Waals surface area contributed by atoms with Crippen LogP contribution in [0.1, 0.15) is 49.3 Å². The summed E-state index contributed by atoms with van der Waals surface area (Å²) in [6, 6.07) is 4.60. The Hall–Kier alpha value is -1.82. The minimum absolute atomic E-state index is 0.153. The zero-order valence-corrected chi connectivity index (χ0v) is 16.5. The predicted molar refractivity (Wildman–Crippen MR) is 108 cm³/mol. The second-order valence-corrected chi connectivity index (χ2v) is 7.55. The molecule has 1 aliphatic rings. The molecule has 0 aromatic heterocycles. The van der Waals surface area contributed by atoms with Crippen LogP contribution in [0.2, 0.25) is 0 Å². The van der Waals surface area contributed by atoms with E-state index >= 15 is 0 Å². The number of hydrogen-bond acceptors (Lipinski definition) is 3. The maximum Gasteiger partial charge on any atom is 0.257 e. The lowest BCUT2D eigenvalue weighted by atomic mass is 9.86. The monoisotopic (exact) mass is 362 g/mol. The Kier molecular flexibility index (Phi) is 7.05. The summed E-state index contributed by atoms with van der Waals surface area (Å²) in [6.45, 7) is 8.60. The molecule has 0 bridgehead atoms.